The molecule has 0 aromatic heterocycles. The lowest BCUT2D eigenvalue weighted by molar-refractivity contribution is -0.137. The third-order valence-electron chi connectivity index (χ3n) is 6.84. The van der Waals surface area contributed by atoms with E-state index in [0.717, 1.165) is 11.3 Å². The number of carbonyl (C=O) groups excluding carboxylic acids is 3. The number of fused-ring (bicyclic) bond motifs is 1. The molecule has 0 saturated heterocycles. The van der Waals surface area contributed by atoms with Gasteiger partial charge in [0.15, 0.2) is 0 Å². The number of nitrogens with one attached hydrogen (secondary N) is 3. The number of rotatable bonds is 10. The molecule has 0 aliphatic carbocycles. The molecule has 10 nitrogen and oxygen atoms in total. The first kappa shape index (κ1) is 28.2. The van der Waals surface area contributed by atoms with Gasteiger partial charge in [0.25, 0.3) is 0 Å². The van der Waals surface area contributed by atoms with Crippen molar-refractivity contribution in [3.05, 3.63) is 83.4 Å². The van der Waals surface area contributed by atoms with Crippen LogP contribution >= 0.6 is 0 Å². The van der Waals surface area contributed by atoms with Crippen LogP contribution in [0.2, 0.25) is 0 Å². The molecule has 1 aliphatic rings. The summed E-state index contributed by atoms with van der Waals surface area (Å²) in [5, 5.41) is 18.0. The van der Waals surface area contributed by atoms with Gasteiger partial charge in [-0.3, -0.25) is 19.2 Å². The molecule has 0 spiro atoms. The number of carboxylic acid groups (broad SMARTS) is 1. The summed E-state index contributed by atoms with van der Waals surface area (Å²) >= 11 is 0. The fourth-order valence-corrected chi connectivity index (χ4v) is 4.73. The number of anilines is 3. The summed E-state index contributed by atoms with van der Waals surface area (Å²) < 4.78 is 5.51. The van der Waals surface area contributed by atoms with Gasteiger partial charge in [-0.1, -0.05) is 36.4 Å². The van der Waals surface area contributed by atoms with Crippen LogP contribution in [0.15, 0.2) is 66.7 Å². The van der Waals surface area contributed by atoms with Crippen molar-refractivity contribution >= 4 is 40.8 Å². The van der Waals surface area contributed by atoms with Crippen LogP contribution in [-0.4, -0.2) is 49.5 Å². The zero-order chi connectivity index (χ0) is 28.8. The average Bonchev–Trinajstić information content (AvgIpc) is 3.37. The predicted octanol–water partition coefficient (Wildman–Crippen LogP) is 3.70. The topological polar surface area (TPSA) is 137 Å². The van der Waals surface area contributed by atoms with E-state index in [1.54, 1.807) is 49.5 Å². The highest BCUT2D eigenvalue weighted by Crippen LogP contribution is 2.33. The van der Waals surface area contributed by atoms with Crippen LogP contribution in [0.4, 0.5) is 17.1 Å². The van der Waals surface area contributed by atoms with Gasteiger partial charge in [0.1, 0.15) is 5.75 Å². The Bertz CT molecular complexity index is 1410. The number of methoxy groups -OCH3 is 1. The second kappa shape index (κ2) is 12.3. The number of para-hydroxylation sites is 1. The molecule has 3 aromatic rings. The van der Waals surface area contributed by atoms with Gasteiger partial charge >= 0.3 is 5.97 Å². The highest BCUT2D eigenvalue weighted by molar-refractivity contribution is 5.99. The molecule has 0 fully saturated rings. The number of carboxylic acids is 1. The number of hydrogen-bond donors (Lipinski definition) is 4. The molecule has 2 unspecified atom stereocenters. The summed E-state index contributed by atoms with van der Waals surface area (Å²) in [4.78, 5) is 50.2. The largest absolute Gasteiger partial charge is 0.495 e. The normalized spacial score (nSPS) is 14.3. The highest BCUT2D eigenvalue weighted by atomic mass is 16.5. The molecule has 1 heterocycles. The maximum atomic E-state index is 13.0. The van der Waals surface area contributed by atoms with Gasteiger partial charge in [0, 0.05) is 31.9 Å². The zero-order valence-corrected chi connectivity index (χ0v) is 22.6. The number of likely N-dealkylation sites (N-methyl/N-ethyl adjacent to an activating group) is 1. The average molecular weight is 545 g/mol. The minimum atomic E-state index is -1.03. The number of benzene rings is 3. The second-order valence-electron chi connectivity index (χ2n) is 9.62. The van der Waals surface area contributed by atoms with Crippen LogP contribution in [0.5, 0.6) is 5.75 Å². The van der Waals surface area contributed by atoms with Crippen LogP contribution in [-0.2, 0) is 25.6 Å². The smallest absolute Gasteiger partial charge is 0.305 e. The minimum absolute atomic E-state index is 0.0935. The van der Waals surface area contributed by atoms with Gasteiger partial charge in [0.2, 0.25) is 17.7 Å². The summed E-state index contributed by atoms with van der Waals surface area (Å²) in [6.45, 7) is 1.85. The monoisotopic (exact) mass is 544 g/mol. The Morgan fingerprint density at radius 2 is 1.80 bits per heavy atom. The summed E-state index contributed by atoms with van der Waals surface area (Å²) in [6, 6.07) is 19.1. The van der Waals surface area contributed by atoms with Crippen LogP contribution in [0.25, 0.3) is 0 Å². The zero-order valence-electron chi connectivity index (χ0n) is 22.6. The van der Waals surface area contributed by atoms with Gasteiger partial charge in [-0.15, -0.1) is 0 Å². The van der Waals surface area contributed by atoms with Crippen molar-refractivity contribution in [1.29, 1.82) is 0 Å². The molecule has 1 aliphatic heterocycles. The van der Waals surface area contributed by atoms with Gasteiger partial charge in [-0.25, -0.2) is 0 Å². The van der Waals surface area contributed by atoms with Crippen molar-refractivity contribution in [3.8, 4) is 5.75 Å². The van der Waals surface area contributed by atoms with Crippen LogP contribution in [0, 0.1) is 0 Å². The molecule has 3 aromatic carbocycles. The summed E-state index contributed by atoms with van der Waals surface area (Å²) in [5.41, 5.74) is 4.38. The van der Waals surface area contributed by atoms with Crippen LogP contribution in [0.1, 0.15) is 42.0 Å². The third kappa shape index (κ3) is 6.58. The van der Waals surface area contributed by atoms with Gasteiger partial charge in [0.05, 0.1) is 37.6 Å². The second-order valence-corrected chi connectivity index (χ2v) is 9.62. The van der Waals surface area contributed by atoms with Crippen molar-refractivity contribution in [2.24, 2.45) is 0 Å². The molecule has 4 rings (SSSR count). The Morgan fingerprint density at radius 1 is 1.07 bits per heavy atom. The number of nitrogens with zero attached hydrogens (tertiary/aromatic N) is 1. The van der Waals surface area contributed by atoms with Gasteiger partial charge in [-0.05, 0) is 47.0 Å². The number of carbonyl (C=O) groups is 4. The summed E-state index contributed by atoms with van der Waals surface area (Å²) in [7, 11) is 3.16. The van der Waals surface area contributed by atoms with E-state index in [9.17, 15) is 19.2 Å². The molecule has 0 saturated carbocycles. The first-order valence-corrected chi connectivity index (χ1v) is 12.8. The number of ether oxygens (including phenoxy) is 1. The third-order valence-corrected chi connectivity index (χ3v) is 6.84. The van der Waals surface area contributed by atoms with E-state index in [1.165, 1.54) is 18.9 Å². The maximum Gasteiger partial charge on any atom is 0.305 e. The first-order valence-electron chi connectivity index (χ1n) is 12.8. The molecular weight excluding hydrogens is 512 g/mol. The Labute approximate surface area is 232 Å². The Kier molecular flexibility index (Phi) is 8.68. The lowest BCUT2D eigenvalue weighted by Gasteiger charge is -2.20. The highest BCUT2D eigenvalue weighted by Gasteiger charge is 2.28. The van der Waals surface area contributed by atoms with E-state index in [-0.39, 0.29) is 36.5 Å². The van der Waals surface area contributed by atoms with Gasteiger partial charge < -0.3 is 30.7 Å². The SMILES string of the molecule is COc1cc(CC(=O)N(C)c2ccc(C(CC(=O)O)NC(C)=O)cc2)ccc1NC(=O)C1CNc2ccccc21. The van der Waals surface area contributed by atoms with Crippen LogP contribution < -0.4 is 25.6 Å². The Balaban J connectivity index is 1.41. The number of aliphatic carboxylic acids is 1. The molecule has 3 amide bonds. The molecular formula is C30H32N4O6. The molecule has 4 N–H and O–H groups in total. The molecule has 0 radical (unpaired) electrons. The fraction of sp³-hybridized carbons (Fsp3) is 0.267. The van der Waals surface area contributed by atoms with Gasteiger partial charge in [-0.2, -0.15) is 0 Å². The van der Waals surface area contributed by atoms with Crippen molar-refractivity contribution in [2.75, 3.05) is 36.2 Å². The number of hydrogen-bond acceptors (Lipinski definition) is 6. The Hall–Kier alpha value is -4.86. The number of amides is 3. The lowest BCUT2D eigenvalue weighted by atomic mass is 10.0. The maximum absolute atomic E-state index is 13.0. The van der Waals surface area contributed by atoms with E-state index in [1.807, 2.05) is 24.3 Å². The standard InChI is InChI=1S/C30H32N4O6/c1-18(35)32-26(16-29(37)38)20-9-11-21(12-10-20)34(2)28(36)15-19-8-13-25(27(14-19)40-3)33-30(39)23-17-31-24-7-5-4-6-22(23)24/h4-14,23,26,31H,15-17H2,1-3H3,(H,32,35)(H,33,39)(H,37,38). The fourth-order valence-electron chi connectivity index (χ4n) is 4.73. The lowest BCUT2D eigenvalue weighted by Crippen LogP contribution is -2.29. The first-order chi connectivity index (χ1) is 19.2. The van der Waals surface area contributed by atoms with E-state index < -0.39 is 12.0 Å². The molecule has 2 atom stereocenters. The van der Waals surface area contributed by atoms with Crippen molar-refractivity contribution in [3.63, 3.8) is 0 Å². The summed E-state index contributed by atoms with van der Waals surface area (Å²) in [6.07, 6.45) is -0.160. The Morgan fingerprint density at radius 3 is 2.48 bits per heavy atom. The van der Waals surface area contributed by atoms with E-state index in [0.29, 0.717) is 34.8 Å². The predicted molar refractivity (Wildman–Crippen MR) is 152 cm³/mol. The van der Waals surface area contributed by atoms with Crippen LogP contribution in [0.3, 0.4) is 0 Å². The minimum Gasteiger partial charge on any atom is -0.495 e. The van der Waals surface area contributed by atoms with Crippen molar-refractivity contribution in [1.82, 2.24) is 5.32 Å². The molecule has 208 valence electrons. The quantitative estimate of drug-likeness (QED) is 0.305. The van der Waals surface area contributed by atoms with Crippen molar-refractivity contribution in [2.45, 2.75) is 31.7 Å². The molecule has 10 heteroatoms. The summed E-state index contributed by atoms with van der Waals surface area (Å²) in [5.74, 6) is -1.55. The van der Waals surface area contributed by atoms with Crippen molar-refractivity contribution < 1.29 is 29.0 Å². The van der Waals surface area contributed by atoms with E-state index >= 15 is 0 Å². The molecule has 40 heavy (non-hydrogen) atoms. The molecule has 0 bridgehead atoms. The van der Waals surface area contributed by atoms with E-state index in [2.05, 4.69) is 16.0 Å². The van der Waals surface area contributed by atoms with E-state index in [4.69, 9.17) is 9.84 Å².